The molecule has 110 valence electrons. The van der Waals surface area contributed by atoms with Gasteiger partial charge < -0.3 is 15.4 Å². The molecule has 0 radical (unpaired) electrons. The van der Waals surface area contributed by atoms with Gasteiger partial charge in [0.1, 0.15) is 5.75 Å². The number of aryl methyl sites for hydroxylation is 1. The average Bonchev–Trinajstić information content (AvgIpc) is 2.47. The molecule has 1 aromatic rings. The minimum absolute atomic E-state index is 0.0462. The molecule has 0 atom stereocenters. The Balaban J connectivity index is 1.89. The molecule has 1 fully saturated rings. The van der Waals surface area contributed by atoms with Crippen LogP contribution >= 0.6 is 0 Å². The highest BCUT2D eigenvalue weighted by molar-refractivity contribution is 5.78. The van der Waals surface area contributed by atoms with Gasteiger partial charge in [-0.15, -0.1) is 0 Å². The molecule has 1 amide bonds. The Hall–Kier alpha value is -1.59. The van der Waals surface area contributed by atoms with Crippen molar-refractivity contribution in [2.75, 3.05) is 39.8 Å². The lowest BCUT2D eigenvalue weighted by Gasteiger charge is -2.34. The van der Waals surface area contributed by atoms with E-state index in [1.54, 1.807) is 7.11 Å². The normalized spacial score (nSPS) is 16.2. The molecule has 1 aromatic carbocycles. The van der Waals surface area contributed by atoms with E-state index >= 15 is 0 Å². The molecule has 1 saturated heterocycles. The summed E-state index contributed by atoms with van der Waals surface area (Å²) in [6.07, 6.45) is 0. The third kappa shape index (κ3) is 3.49. The molecule has 0 spiro atoms. The van der Waals surface area contributed by atoms with Crippen LogP contribution in [-0.4, -0.2) is 55.5 Å². The minimum Gasteiger partial charge on any atom is -0.496 e. The van der Waals surface area contributed by atoms with Gasteiger partial charge in [0.2, 0.25) is 5.91 Å². The van der Waals surface area contributed by atoms with Gasteiger partial charge in [-0.05, 0) is 24.1 Å². The van der Waals surface area contributed by atoms with Crippen molar-refractivity contribution in [1.82, 2.24) is 9.80 Å². The van der Waals surface area contributed by atoms with Crippen LogP contribution in [0.2, 0.25) is 0 Å². The molecule has 20 heavy (non-hydrogen) atoms. The molecule has 2 rings (SSSR count). The number of amides is 1. The number of hydrogen-bond acceptors (Lipinski definition) is 4. The number of benzene rings is 1. The monoisotopic (exact) mass is 277 g/mol. The van der Waals surface area contributed by atoms with Crippen LogP contribution in [0, 0.1) is 6.92 Å². The maximum Gasteiger partial charge on any atom is 0.236 e. The maximum absolute atomic E-state index is 11.5. The van der Waals surface area contributed by atoms with Crippen LogP contribution in [0.3, 0.4) is 0 Å². The predicted molar refractivity (Wildman–Crippen MR) is 78.6 cm³/mol. The summed E-state index contributed by atoms with van der Waals surface area (Å²) in [5, 5.41) is 0. The maximum atomic E-state index is 11.5. The summed E-state index contributed by atoms with van der Waals surface area (Å²) in [5.41, 5.74) is 7.82. The van der Waals surface area contributed by atoms with E-state index < -0.39 is 0 Å². The van der Waals surface area contributed by atoms with Gasteiger partial charge in [-0.1, -0.05) is 12.1 Å². The first-order valence-corrected chi connectivity index (χ1v) is 6.97. The SMILES string of the molecule is COc1ccc(CN2CCN(C(=O)CN)CC2)cc1C. The molecule has 5 heteroatoms. The first kappa shape index (κ1) is 14.8. The molecule has 1 heterocycles. The van der Waals surface area contributed by atoms with Gasteiger partial charge in [-0.2, -0.15) is 0 Å². The molecule has 5 nitrogen and oxygen atoms in total. The lowest BCUT2D eigenvalue weighted by Crippen LogP contribution is -2.49. The van der Waals surface area contributed by atoms with E-state index in [9.17, 15) is 4.79 Å². The fourth-order valence-corrected chi connectivity index (χ4v) is 2.58. The van der Waals surface area contributed by atoms with Crippen LogP contribution in [0.5, 0.6) is 5.75 Å². The Labute approximate surface area is 120 Å². The van der Waals surface area contributed by atoms with E-state index in [1.807, 2.05) is 11.0 Å². The molecule has 1 aliphatic heterocycles. The van der Waals surface area contributed by atoms with Gasteiger partial charge in [-0.25, -0.2) is 0 Å². The molecular weight excluding hydrogens is 254 g/mol. The molecule has 0 unspecified atom stereocenters. The highest BCUT2D eigenvalue weighted by Gasteiger charge is 2.20. The third-order valence-electron chi connectivity index (χ3n) is 3.77. The van der Waals surface area contributed by atoms with Crippen molar-refractivity contribution in [2.45, 2.75) is 13.5 Å². The number of methoxy groups -OCH3 is 1. The van der Waals surface area contributed by atoms with E-state index in [1.165, 1.54) is 5.56 Å². The molecule has 0 saturated carbocycles. The van der Waals surface area contributed by atoms with Crippen molar-refractivity contribution in [3.63, 3.8) is 0 Å². The van der Waals surface area contributed by atoms with Crippen LogP contribution in [0.1, 0.15) is 11.1 Å². The van der Waals surface area contributed by atoms with Crippen LogP contribution in [0.15, 0.2) is 18.2 Å². The zero-order valence-electron chi connectivity index (χ0n) is 12.3. The number of hydrogen-bond donors (Lipinski definition) is 1. The molecular formula is C15H23N3O2. The Morgan fingerprint density at radius 2 is 2.00 bits per heavy atom. The number of nitrogens with two attached hydrogens (primary N) is 1. The Morgan fingerprint density at radius 1 is 1.30 bits per heavy atom. The largest absolute Gasteiger partial charge is 0.496 e. The zero-order valence-corrected chi connectivity index (χ0v) is 12.3. The second kappa shape index (κ2) is 6.72. The number of nitrogens with zero attached hydrogens (tertiary/aromatic N) is 2. The van der Waals surface area contributed by atoms with Crippen LogP contribution < -0.4 is 10.5 Å². The Kier molecular flexibility index (Phi) is 4.98. The molecule has 0 aromatic heterocycles. The first-order chi connectivity index (χ1) is 9.63. The topological polar surface area (TPSA) is 58.8 Å². The number of carbonyl (C=O) groups excluding carboxylic acids is 1. The van der Waals surface area contributed by atoms with Crippen molar-refractivity contribution in [1.29, 1.82) is 0 Å². The highest BCUT2D eigenvalue weighted by atomic mass is 16.5. The van der Waals surface area contributed by atoms with Crippen molar-refractivity contribution < 1.29 is 9.53 Å². The van der Waals surface area contributed by atoms with Gasteiger partial charge in [0.15, 0.2) is 0 Å². The molecule has 1 aliphatic rings. The van der Waals surface area contributed by atoms with E-state index in [2.05, 4.69) is 24.0 Å². The van der Waals surface area contributed by atoms with Gasteiger partial charge >= 0.3 is 0 Å². The first-order valence-electron chi connectivity index (χ1n) is 6.97. The van der Waals surface area contributed by atoms with Crippen molar-refractivity contribution in [3.8, 4) is 5.75 Å². The quantitative estimate of drug-likeness (QED) is 0.876. The summed E-state index contributed by atoms with van der Waals surface area (Å²) >= 11 is 0. The van der Waals surface area contributed by atoms with E-state index in [0.717, 1.165) is 44.0 Å². The number of piperazine rings is 1. The number of carbonyl (C=O) groups is 1. The average molecular weight is 277 g/mol. The van der Waals surface area contributed by atoms with Gasteiger partial charge in [0.25, 0.3) is 0 Å². The van der Waals surface area contributed by atoms with Crippen molar-refractivity contribution in [3.05, 3.63) is 29.3 Å². The summed E-state index contributed by atoms with van der Waals surface area (Å²) in [4.78, 5) is 15.7. The lowest BCUT2D eigenvalue weighted by molar-refractivity contribution is -0.131. The zero-order chi connectivity index (χ0) is 14.5. The van der Waals surface area contributed by atoms with Crippen molar-refractivity contribution in [2.24, 2.45) is 5.73 Å². The summed E-state index contributed by atoms with van der Waals surface area (Å²) in [5.74, 6) is 0.969. The molecule has 0 bridgehead atoms. The van der Waals surface area contributed by atoms with Crippen molar-refractivity contribution >= 4 is 5.91 Å². The summed E-state index contributed by atoms with van der Waals surface area (Å²) in [6.45, 7) is 6.41. The van der Waals surface area contributed by atoms with Crippen LogP contribution in [0.25, 0.3) is 0 Å². The van der Waals surface area contributed by atoms with E-state index in [0.29, 0.717) is 0 Å². The number of ether oxygens (including phenoxy) is 1. The van der Waals surface area contributed by atoms with Gasteiger partial charge in [0.05, 0.1) is 13.7 Å². The fraction of sp³-hybridized carbons (Fsp3) is 0.533. The van der Waals surface area contributed by atoms with Crippen LogP contribution in [-0.2, 0) is 11.3 Å². The Morgan fingerprint density at radius 3 is 2.55 bits per heavy atom. The second-order valence-corrected chi connectivity index (χ2v) is 5.17. The number of rotatable bonds is 4. The minimum atomic E-state index is 0.0462. The standard InChI is InChI=1S/C15H23N3O2/c1-12-9-13(3-4-14(12)20-2)11-17-5-7-18(8-6-17)15(19)10-16/h3-4,9H,5-8,10-11,16H2,1-2H3. The second-order valence-electron chi connectivity index (χ2n) is 5.17. The smallest absolute Gasteiger partial charge is 0.236 e. The summed E-state index contributed by atoms with van der Waals surface area (Å²) in [6, 6.07) is 6.28. The summed E-state index contributed by atoms with van der Waals surface area (Å²) in [7, 11) is 1.69. The summed E-state index contributed by atoms with van der Waals surface area (Å²) < 4.78 is 5.27. The highest BCUT2D eigenvalue weighted by Crippen LogP contribution is 2.19. The van der Waals surface area contributed by atoms with E-state index in [4.69, 9.17) is 10.5 Å². The van der Waals surface area contributed by atoms with Gasteiger partial charge in [-0.3, -0.25) is 9.69 Å². The molecule has 0 aliphatic carbocycles. The van der Waals surface area contributed by atoms with E-state index in [-0.39, 0.29) is 12.5 Å². The predicted octanol–water partition coefficient (Wildman–Crippen LogP) is 0.607. The third-order valence-corrected chi connectivity index (χ3v) is 3.77. The van der Waals surface area contributed by atoms with Crippen LogP contribution in [0.4, 0.5) is 0 Å². The Bertz CT molecular complexity index is 468. The lowest BCUT2D eigenvalue weighted by atomic mass is 10.1. The van der Waals surface area contributed by atoms with Gasteiger partial charge in [0, 0.05) is 32.7 Å². The fourth-order valence-electron chi connectivity index (χ4n) is 2.58. The molecule has 2 N–H and O–H groups in total.